The molecule has 1 unspecified atom stereocenters. The number of nitrogens with zero attached hydrogens (tertiary/aromatic N) is 2. The number of amides is 1. The smallest absolute Gasteiger partial charge is 0.232 e. The monoisotopic (exact) mass is 435 g/mol. The molecule has 0 aliphatic carbocycles. The van der Waals surface area contributed by atoms with Crippen LogP contribution in [0.5, 0.6) is 0 Å². The van der Waals surface area contributed by atoms with E-state index >= 15 is 0 Å². The molecule has 3 rings (SSSR count). The van der Waals surface area contributed by atoms with E-state index in [0.29, 0.717) is 12.1 Å². The fraction of sp³-hybridized carbons (Fsp3) is 0.536. The highest BCUT2D eigenvalue weighted by Gasteiger charge is 2.28. The number of benzene rings is 2. The molecule has 0 saturated carbocycles. The number of hydrogen-bond donors (Lipinski definition) is 1. The van der Waals surface area contributed by atoms with Crippen molar-refractivity contribution in [2.75, 3.05) is 26.2 Å². The number of hydrogen-bond acceptors (Lipinski definition) is 3. The molecule has 4 nitrogen and oxygen atoms in total. The van der Waals surface area contributed by atoms with Crippen LogP contribution in [0, 0.1) is 0 Å². The first-order valence-electron chi connectivity index (χ1n) is 12.3. The first kappa shape index (κ1) is 24.5. The molecule has 1 fully saturated rings. The maximum Gasteiger partial charge on any atom is 0.232 e. The van der Waals surface area contributed by atoms with E-state index in [2.05, 4.69) is 67.1 Å². The van der Waals surface area contributed by atoms with Gasteiger partial charge in [0.1, 0.15) is 0 Å². The fourth-order valence-electron chi connectivity index (χ4n) is 4.95. The van der Waals surface area contributed by atoms with Crippen LogP contribution in [0.25, 0.3) is 0 Å². The van der Waals surface area contributed by atoms with Gasteiger partial charge >= 0.3 is 0 Å². The molecule has 4 heteroatoms. The molecule has 1 heterocycles. The molecular formula is C28H41N3O. The largest absolute Gasteiger partial charge is 0.350 e. The number of nitrogens with one attached hydrogen (secondary N) is 1. The Morgan fingerprint density at radius 1 is 0.844 bits per heavy atom. The highest BCUT2D eigenvalue weighted by molar-refractivity contribution is 5.87. The molecule has 1 atom stereocenters. The van der Waals surface area contributed by atoms with E-state index in [1.165, 1.54) is 19.3 Å². The van der Waals surface area contributed by atoms with E-state index in [4.69, 9.17) is 0 Å². The van der Waals surface area contributed by atoms with Crippen LogP contribution in [-0.4, -0.2) is 60.0 Å². The molecule has 1 amide bonds. The zero-order valence-corrected chi connectivity index (χ0v) is 20.3. The predicted molar refractivity (Wildman–Crippen MR) is 134 cm³/mol. The Hall–Kier alpha value is -2.17. The first-order chi connectivity index (χ1) is 15.5. The van der Waals surface area contributed by atoms with Crippen LogP contribution in [0.4, 0.5) is 0 Å². The summed E-state index contributed by atoms with van der Waals surface area (Å²) in [4.78, 5) is 18.8. The Kier molecular flexibility index (Phi) is 9.31. The average Bonchev–Trinajstić information content (AvgIpc) is 2.79. The standard InChI is InChI=1S/C28H41N3O/c1-22(2)31(23(3)4)21-26(20-30-18-12-7-13-19-30)29-28(32)27(24-14-8-5-9-15-24)25-16-10-6-11-17-25/h5-6,8-11,14-17,22-23,26-27H,7,12-13,18-21H2,1-4H3,(H,29,32). The molecule has 174 valence electrons. The molecule has 2 aromatic rings. The summed E-state index contributed by atoms with van der Waals surface area (Å²) in [5, 5.41) is 3.48. The van der Waals surface area contributed by atoms with Gasteiger partial charge in [0.15, 0.2) is 0 Å². The van der Waals surface area contributed by atoms with Gasteiger partial charge in [0.05, 0.1) is 12.0 Å². The molecule has 0 radical (unpaired) electrons. The van der Waals surface area contributed by atoms with Gasteiger partial charge in [-0.05, 0) is 64.8 Å². The van der Waals surface area contributed by atoms with Gasteiger partial charge in [0.2, 0.25) is 5.91 Å². The Morgan fingerprint density at radius 3 is 1.81 bits per heavy atom. The Labute approximate surface area is 195 Å². The minimum absolute atomic E-state index is 0.0943. The molecule has 32 heavy (non-hydrogen) atoms. The minimum Gasteiger partial charge on any atom is -0.350 e. The third-order valence-electron chi connectivity index (χ3n) is 6.56. The van der Waals surface area contributed by atoms with E-state index in [1.54, 1.807) is 0 Å². The van der Waals surface area contributed by atoms with Gasteiger partial charge in [-0.15, -0.1) is 0 Å². The second-order valence-corrected chi connectivity index (χ2v) is 9.71. The summed E-state index contributed by atoms with van der Waals surface area (Å²) >= 11 is 0. The highest BCUT2D eigenvalue weighted by Crippen LogP contribution is 2.25. The summed E-state index contributed by atoms with van der Waals surface area (Å²) in [5.74, 6) is -0.204. The zero-order valence-electron chi connectivity index (χ0n) is 20.3. The third kappa shape index (κ3) is 6.91. The van der Waals surface area contributed by atoms with Gasteiger partial charge in [-0.25, -0.2) is 0 Å². The lowest BCUT2D eigenvalue weighted by Crippen LogP contribution is -2.54. The number of carbonyl (C=O) groups is 1. The van der Waals surface area contributed by atoms with Crippen molar-refractivity contribution in [3.05, 3.63) is 71.8 Å². The number of piperidine rings is 1. The van der Waals surface area contributed by atoms with Crippen molar-refractivity contribution in [2.45, 2.75) is 71.0 Å². The maximum absolute atomic E-state index is 13.8. The maximum atomic E-state index is 13.8. The van der Waals surface area contributed by atoms with E-state index in [0.717, 1.165) is 37.3 Å². The quantitative estimate of drug-likeness (QED) is 0.576. The van der Waals surface area contributed by atoms with Gasteiger partial charge in [-0.3, -0.25) is 9.69 Å². The van der Waals surface area contributed by atoms with Crippen LogP contribution in [0.2, 0.25) is 0 Å². The van der Waals surface area contributed by atoms with E-state index in [9.17, 15) is 4.79 Å². The minimum atomic E-state index is -0.298. The van der Waals surface area contributed by atoms with Gasteiger partial charge in [-0.1, -0.05) is 67.1 Å². The van der Waals surface area contributed by atoms with Crippen molar-refractivity contribution >= 4 is 5.91 Å². The van der Waals surface area contributed by atoms with Crippen LogP contribution in [0.15, 0.2) is 60.7 Å². The molecule has 2 aromatic carbocycles. The normalized spacial score (nSPS) is 16.1. The second kappa shape index (κ2) is 12.2. The Morgan fingerprint density at radius 2 is 1.34 bits per heavy atom. The molecule has 0 bridgehead atoms. The van der Waals surface area contributed by atoms with Gasteiger partial charge in [0, 0.05) is 25.2 Å². The van der Waals surface area contributed by atoms with E-state index in [-0.39, 0.29) is 17.9 Å². The summed E-state index contributed by atoms with van der Waals surface area (Å²) in [6.45, 7) is 13.0. The molecular weight excluding hydrogens is 394 g/mol. The topological polar surface area (TPSA) is 35.6 Å². The molecule has 1 aliphatic heterocycles. The van der Waals surface area contributed by atoms with Crippen LogP contribution in [0.3, 0.4) is 0 Å². The van der Waals surface area contributed by atoms with Crippen LogP contribution < -0.4 is 5.32 Å². The SMILES string of the molecule is CC(C)N(CC(CN1CCCCC1)NC(=O)C(c1ccccc1)c1ccccc1)C(C)C. The van der Waals surface area contributed by atoms with Gasteiger partial charge in [-0.2, -0.15) is 0 Å². The van der Waals surface area contributed by atoms with Gasteiger partial charge in [0.25, 0.3) is 0 Å². The predicted octanol–water partition coefficient (Wildman–Crippen LogP) is 4.91. The second-order valence-electron chi connectivity index (χ2n) is 9.71. The van der Waals surface area contributed by atoms with Crippen molar-refractivity contribution < 1.29 is 4.79 Å². The lowest BCUT2D eigenvalue weighted by atomic mass is 9.90. The van der Waals surface area contributed by atoms with Crippen LogP contribution in [-0.2, 0) is 4.79 Å². The number of carbonyl (C=O) groups excluding carboxylic acids is 1. The van der Waals surface area contributed by atoms with Gasteiger partial charge < -0.3 is 10.2 Å². The fourth-order valence-corrected chi connectivity index (χ4v) is 4.95. The van der Waals surface area contributed by atoms with Crippen molar-refractivity contribution in [2.24, 2.45) is 0 Å². The molecule has 1 aliphatic rings. The Balaban J connectivity index is 1.83. The average molecular weight is 436 g/mol. The lowest BCUT2D eigenvalue weighted by Gasteiger charge is -2.37. The molecule has 0 aromatic heterocycles. The third-order valence-corrected chi connectivity index (χ3v) is 6.56. The van der Waals surface area contributed by atoms with Crippen molar-refractivity contribution in [1.29, 1.82) is 0 Å². The van der Waals surface area contributed by atoms with Crippen molar-refractivity contribution in [3.63, 3.8) is 0 Å². The lowest BCUT2D eigenvalue weighted by molar-refractivity contribution is -0.122. The number of rotatable bonds is 10. The summed E-state index contributed by atoms with van der Waals surface area (Å²) in [6, 6.07) is 21.3. The zero-order chi connectivity index (χ0) is 22.9. The molecule has 1 N–H and O–H groups in total. The van der Waals surface area contributed by atoms with E-state index < -0.39 is 0 Å². The first-order valence-corrected chi connectivity index (χ1v) is 12.3. The van der Waals surface area contributed by atoms with E-state index in [1.807, 2.05) is 36.4 Å². The molecule has 0 spiro atoms. The molecule has 1 saturated heterocycles. The summed E-state index contributed by atoms with van der Waals surface area (Å²) in [7, 11) is 0. The Bertz CT molecular complexity index is 752. The van der Waals surface area contributed by atoms with Crippen molar-refractivity contribution in [3.8, 4) is 0 Å². The summed E-state index contributed by atoms with van der Waals surface area (Å²) in [6.07, 6.45) is 3.84. The van der Waals surface area contributed by atoms with Crippen molar-refractivity contribution in [1.82, 2.24) is 15.1 Å². The summed E-state index contributed by atoms with van der Waals surface area (Å²) in [5.41, 5.74) is 2.08. The summed E-state index contributed by atoms with van der Waals surface area (Å²) < 4.78 is 0. The highest BCUT2D eigenvalue weighted by atomic mass is 16.2. The van der Waals surface area contributed by atoms with Crippen LogP contribution >= 0.6 is 0 Å². The number of likely N-dealkylation sites (tertiary alicyclic amines) is 1. The van der Waals surface area contributed by atoms with Crippen LogP contribution in [0.1, 0.15) is 64.0 Å².